The van der Waals surface area contributed by atoms with Crippen molar-refractivity contribution < 1.29 is 4.79 Å². The molecule has 1 saturated heterocycles. The Morgan fingerprint density at radius 3 is 2.45 bits per heavy atom. The normalized spacial score (nSPS) is 14.6. The second-order valence-corrected chi connectivity index (χ2v) is 8.57. The summed E-state index contributed by atoms with van der Waals surface area (Å²) in [6.07, 6.45) is 2.90. The Morgan fingerprint density at radius 1 is 1.09 bits per heavy atom. The lowest BCUT2D eigenvalue weighted by atomic mass is 9.96. The third-order valence-corrected chi connectivity index (χ3v) is 6.48. The number of nitrogens with zero attached hydrogens (tertiary/aromatic N) is 6. The van der Waals surface area contributed by atoms with Gasteiger partial charge in [-0.05, 0) is 39.2 Å². The summed E-state index contributed by atoms with van der Waals surface area (Å²) < 4.78 is 4.65. The molecule has 1 aliphatic heterocycles. The van der Waals surface area contributed by atoms with Crippen LogP contribution in [0.1, 0.15) is 48.3 Å². The Kier molecular flexibility index (Phi) is 6.57. The van der Waals surface area contributed by atoms with Crippen LogP contribution in [-0.2, 0) is 24.4 Å². The van der Waals surface area contributed by atoms with Crippen molar-refractivity contribution in [1.82, 2.24) is 28.8 Å². The van der Waals surface area contributed by atoms with E-state index in [1.807, 2.05) is 37.3 Å². The van der Waals surface area contributed by atoms with E-state index in [-0.39, 0.29) is 29.6 Å². The van der Waals surface area contributed by atoms with Crippen LogP contribution in [0.4, 0.5) is 0 Å². The molecule has 174 valence electrons. The zero-order valence-electron chi connectivity index (χ0n) is 19.4. The van der Waals surface area contributed by atoms with Crippen LogP contribution >= 0.6 is 0 Å². The second-order valence-electron chi connectivity index (χ2n) is 8.57. The van der Waals surface area contributed by atoms with E-state index in [1.165, 1.54) is 15.6 Å². The maximum Gasteiger partial charge on any atom is 0.346 e. The fraction of sp³-hybridized carbons (Fsp3) is 0.458. The minimum absolute atomic E-state index is 0.0109. The highest BCUT2D eigenvalue weighted by Gasteiger charge is 2.28. The van der Waals surface area contributed by atoms with Gasteiger partial charge in [0.15, 0.2) is 0 Å². The van der Waals surface area contributed by atoms with E-state index in [9.17, 15) is 14.4 Å². The van der Waals surface area contributed by atoms with Crippen LogP contribution in [0.3, 0.4) is 0 Å². The van der Waals surface area contributed by atoms with Crippen LogP contribution in [0.5, 0.6) is 0 Å². The van der Waals surface area contributed by atoms with Gasteiger partial charge in [0.25, 0.3) is 5.56 Å². The van der Waals surface area contributed by atoms with Crippen LogP contribution in [0, 0.1) is 13.8 Å². The monoisotopic (exact) mass is 450 g/mol. The molecule has 3 aromatic rings. The number of carbonyl (C=O) groups is 1. The molecule has 1 fully saturated rings. The fourth-order valence-electron chi connectivity index (χ4n) is 4.34. The van der Waals surface area contributed by atoms with Crippen molar-refractivity contribution in [2.75, 3.05) is 13.1 Å². The summed E-state index contributed by atoms with van der Waals surface area (Å²) in [5.74, 6) is 0.813. The van der Waals surface area contributed by atoms with Crippen LogP contribution in [0.15, 0.2) is 46.2 Å². The van der Waals surface area contributed by atoms with Crippen molar-refractivity contribution in [2.45, 2.75) is 59.2 Å². The first kappa shape index (κ1) is 22.7. The molecule has 9 heteroatoms. The number of aryl methyl sites for hydroxylation is 1. The molecule has 4 rings (SSSR count). The Labute approximate surface area is 192 Å². The number of hydrogen-bond acceptors (Lipinski definition) is 5. The molecular formula is C24H30N6O3. The number of hydrogen-bond donors (Lipinski definition) is 0. The minimum Gasteiger partial charge on any atom is -0.341 e. The van der Waals surface area contributed by atoms with Gasteiger partial charge in [-0.2, -0.15) is 5.10 Å². The lowest BCUT2D eigenvalue weighted by Gasteiger charge is -2.31. The van der Waals surface area contributed by atoms with Gasteiger partial charge in [0.1, 0.15) is 12.4 Å². The van der Waals surface area contributed by atoms with Gasteiger partial charge in [0.2, 0.25) is 5.91 Å². The Balaban J connectivity index is 1.44. The van der Waals surface area contributed by atoms with Crippen LogP contribution in [0.25, 0.3) is 0 Å². The van der Waals surface area contributed by atoms with E-state index in [4.69, 9.17) is 0 Å². The molecule has 0 radical (unpaired) electrons. The predicted molar refractivity (Wildman–Crippen MR) is 124 cm³/mol. The van der Waals surface area contributed by atoms with Gasteiger partial charge in [0.05, 0.1) is 12.9 Å². The molecule has 0 aliphatic carbocycles. The number of benzene rings is 1. The number of amides is 1. The van der Waals surface area contributed by atoms with Gasteiger partial charge in [-0.15, -0.1) is 0 Å². The molecule has 33 heavy (non-hydrogen) atoms. The first-order valence-corrected chi connectivity index (χ1v) is 11.4. The summed E-state index contributed by atoms with van der Waals surface area (Å²) in [4.78, 5) is 44.1. The van der Waals surface area contributed by atoms with Crippen molar-refractivity contribution in [2.24, 2.45) is 0 Å². The van der Waals surface area contributed by atoms with Crippen molar-refractivity contribution in [3.8, 4) is 0 Å². The van der Waals surface area contributed by atoms with Gasteiger partial charge in [-0.25, -0.2) is 14.5 Å². The molecule has 2 aromatic heterocycles. The number of rotatable bonds is 6. The molecule has 3 heterocycles. The second kappa shape index (κ2) is 9.56. The Morgan fingerprint density at radius 2 is 1.79 bits per heavy atom. The molecular weight excluding hydrogens is 420 g/mol. The van der Waals surface area contributed by atoms with Crippen molar-refractivity contribution in [3.63, 3.8) is 0 Å². The third kappa shape index (κ3) is 4.67. The zero-order valence-corrected chi connectivity index (χ0v) is 19.4. The summed E-state index contributed by atoms with van der Waals surface area (Å²) in [7, 11) is 0. The number of carbonyl (C=O) groups excluding carboxylic acids is 1. The lowest BCUT2D eigenvalue weighted by Crippen LogP contribution is -2.42. The average molecular weight is 451 g/mol. The van der Waals surface area contributed by atoms with Crippen molar-refractivity contribution in [1.29, 1.82) is 0 Å². The number of piperidine rings is 1. The Bertz CT molecular complexity index is 1250. The van der Waals surface area contributed by atoms with E-state index in [0.717, 1.165) is 24.2 Å². The standard InChI is InChI=1S/C24H30N6O3/c1-4-29-22(26-30(24(29)33)14-19-8-6-5-7-9-19)20-10-12-27(13-11-20)21(31)15-28-16-25-18(3)17(2)23(28)32/h5-9,16,20H,4,10-15H2,1-3H3. The smallest absolute Gasteiger partial charge is 0.341 e. The molecule has 0 saturated carbocycles. The van der Waals surface area contributed by atoms with Gasteiger partial charge >= 0.3 is 5.69 Å². The van der Waals surface area contributed by atoms with Gasteiger partial charge in [-0.3, -0.25) is 18.7 Å². The van der Waals surface area contributed by atoms with Crippen LogP contribution in [-0.4, -0.2) is 47.8 Å². The van der Waals surface area contributed by atoms with E-state index in [0.29, 0.717) is 37.4 Å². The molecule has 0 atom stereocenters. The number of likely N-dealkylation sites (tertiary alicyclic amines) is 1. The van der Waals surface area contributed by atoms with Gasteiger partial charge in [-0.1, -0.05) is 30.3 Å². The summed E-state index contributed by atoms with van der Waals surface area (Å²) >= 11 is 0. The first-order chi connectivity index (χ1) is 15.9. The van der Waals surface area contributed by atoms with Crippen LogP contribution in [0.2, 0.25) is 0 Å². The van der Waals surface area contributed by atoms with E-state index in [2.05, 4.69) is 10.1 Å². The predicted octanol–water partition coefficient (Wildman–Crippen LogP) is 1.69. The maximum absolute atomic E-state index is 12.9. The maximum atomic E-state index is 12.9. The van der Waals surface area contributed by atoms with Crippen LogP contribution < -0.4 is 11.2 Å². The first-order valence-electron chi connectivity index (χ1n) is 11.4. The molecule has 1 aromatic carbocycles. The van der Waals surface area contributed by atoms with E-state index in [1.54, 1.807) is 23.3 Å². The quantitative estimate of drug-likeness (QED) is 0.570. The zero-order chi connectivity index (χ0) is 23.5. The molecule has 0 unspecified atom stereocenters. The highest BCUT2D eigenvalue weighted by molar-refractivity contribution is 5.76. The summed E-state index contributed by atoms with van der Waals surface area (Å²) in [5, 5.41) is 4.68. The highest BCUT2D eigenvalue weighted by Crippen LogP contribution is 2.26. The average Bonchev–Trinajstić information content (AvgIpc) is 3.15. The largest absolute Gasteiger partial charge is 0.346 e. The fourth-order valence-corrected chi connectivity index (χ4v) is 4.34. The van der Waals surface area contributed by atoms with E-state index >= 15 is 0 Å². The number of aromatic nitrogens is 5. The molecule has 0 spiro atoms. The molecule has 1 aliphatic rings. The molecule has 9 nitrogen and oxygen atoms in total. The summed E-state index contributed by atoms with van der Waals surface area (Å²) in [6.45, 7) is 7.59. The third-order valence-electron chi connectivity index (χ3n) is 6.48. The Hall–Kier alpha value is -3.49. The minimum atomic E-state index is -0.179. The highest BCUT2D eigenvalue weighted by atomic mass is 16.2. The SMILES string of the molecule is CCn1c(C2CCN(C(=O)Cn3cnc(C)c(C)c3=O)CC2)nn(Cc2ccccc2)c1=O. The molecule has 0 N–H and O–H groups in total. The van der Waals surface area contributed by atoms with E-state index < -0.39 is 0 Å². The lowest BCUT2D eigenvalue weighted by molar-refractivity contribution is -0.133. The summed E-state index contributed by atoms with van der Waals surface area (Å²) in [5.41, 5.74) is 1.99. The van der Waals surface area contributed by atoms with Crippen molar-refractivity contribution >= 4 is 5.91 Å². The van der Waals surface area contributed by atoms with Gasteiger partial charge in [0, 0.05) is 36.8 Å². The topological polar surface area (TPSA) is 95.0 Å². The summed E-state index contributed by atoms with van der Waals surface area (Å²) in [6, 6.07) is 9.82. The molecule has 1 amide bonds. The van der Waals surface area contributed by atoms with Gasteiger partial charge < -0.3 is 4.90 Å². The van der Waals surface area contributed by atoms with Crippen molar-refractivity contribution in [3.05, 3.63) is 80.1 Å². The molecule has 0 bridgehead atoms.